The maximum absolute atomic E-state index is 12.7. The van der Waals surface area contributed by atoms with Crippen LogP contribution in [0.3, 0.4) is 0 Å². The number of carbonyl (C=O) groups excluding carboxylic acids is 1. The molecule has 0 aliphatic carbocycles. The van der Waals surface area contributed by atoms with Crippen LogP contribution in [0.4, 0.5) is 5.69 Å². The van der Waals surface area contributed by atoms with Crippen LogP contribution in [0.15, 0.2) is 41.2 Å². The van der Waals surface area contributed by atoms with E-state index in [1.807, 2.05) is 0 Å². The lowest BCUT2D eigenvalue weighted by Crippen LogP contribution is -2.28. The van der Waals surface area contributed by atoms with Crippen molar-refractivity contribution in [1.82, 2.24) is 4.57 Å². The topological polar surface area (TPSA) is 99.0 Å². The number of ether oxygens (including phenoxy) is 3. The third-order valence-electron chi connectivity index (χ3n) is 4.45. The van der Waals surface area contributed by atoms with Gasteiger partial charge in [0.2, 0.25) is 6.79 Å². The molecule has 1 amide bonds. The molecule has 2 heterocycles. The van der Waals surface area contributed by atoms with Gasteiger partial charge in [0.15, 0.2) is 11.5 Å². The molecule has 27 heavy (non-hydrogen) atoms. The number of nitrogens with one attached hydrogen (secondary N) is 1. The maximum atomic E-state index is 12.7. The van der Waals surface area contributed by atoms with Gasteiger partial charge in [-0.3, -0.25) is 9.59 Å². The molecule has 1 aromatic heterocycles. The minimum atomic E-state index is -0.725. The van der Waals surface area contributed by atoms with Crippen LogP contribution in [0.1, 0.15) is 10.4 Å². The molecule has 1 aliphatic heterocycles. The molecule has 8 heteroatoms. The fourth-order valence-electron chi connectivity index (χ4n) is 3.05. The van der Waals surface area contributed by atoms with Gasteiger partial charge < -0.3 is 29.2 Å². The Hall–Kier alpha value is -3.68. The van der Waals surface area contributed by atoms with Gasteiger partial charge in [-0.05, 0) is 36.4 Å². The van der Waals surface area contributed by atoms with Crippen LogP contribution >= 0.6 is 0 Å². The summed E-state index contributed by atoms with van der Waals surface area (Å²) in [6.45, 7) is 0.00407. The second-order valence-electron chi connectivity index (χ2n) is 5.96. The molecule has 3 aromatic rings. The predicted octanol–water partition coefficient (Wildman–Crippen LogP) is 2.23. The van der Waals surface area contributed by atoms with Crippen molar-refractivity contribution in [2.75, 3.05) is 19.2 Å². The summed E-state index contributed by atoms with van der Waals surface area (Å²) in [6, 6.07) is 9.90. The van der Waals surface area contributed by atoms with Gasteiger partial charge in [0.05, 0.1) is 18.0 Å². The normalized spacial score (nSPS) is 12.2. The number of aromatic nitrogens is 1. The van der Waals surface area contributed by atoms with Crippen molar-refractivity contribution >= 4 is 22.5 Å². The van der Waals surface area contributed by atoms with Gasteiger partial charge in [-0.15, -0.1) is 0 Å². The Labute approximate surface area is 153 Å². The zero-order valence-electron chi connectivity index (χ0n) is 14.6. The lowest BCUT2D eigenvalue weighted by molar-refractivity contribution is 0.102. The smallest absolute Gasteiger partial charge is 0.267 e. The zero-order chi connectivity index (χ0) is 19.1. The summed E-state index contributed by atoms with van der Waals surface area (Å²) in [6.07, 6.45) is 0. The van der Waals surface area contributed by atoms with E-state index in [0.29, 0.717) is 28.5 Å². The lowest BCUT2D eigenvalue weighted by atomic mass is 10.1. The van der Waals surface area contributed by atoms with Crippen LogP contribution < -0.4 is 25.1 Å². The number of hydrogen-bond donors (Lipinski definition) is 2. The Kier molecular flexibility index (Phi) is 3.88. The second-order valence-corrected chi connectivity index (χ2v) is 5.96. The fourth-order valence-corrected chi connectivity index (χ4v) is 3.05. The highest BCUT2D eigenvalue weighted by molar-refractivity contribution is 6.10. The lowest BCUT2D eigenvalue weighted by Gasteiger charge is -2.13. The van der Waals surface area contributed by atoms with E-state index in [9.17, 15) is 14.7 Å². The van der Waals surface area contributed by atoms with Crippen molar-refractivity contribution in [3.8, 4) is 23.0 Å². The van der Waals surface area contributed by atoms with Crippen LogP contribution in [0, 0.1) is 0 Å². The molecule has 2 aromatic carbocycles. The molecule has 2 N–H and O–H groups in total. The van der Waals surface area contributed by atoms with Gasteiger partial charge >= 0.3 is 0 Å². The number of benzene rings is 2. The number of pyridine rings is 1. The van der Waals surface area contributed by atoms with Crippen LogP contribution in [-0.4, -0.2) is 29.5 Å². The van der Waals surface area contributed by atoms with Crippen LogP contribution in [0.2, 0.25) is 0 Å². The minimum absolute atomic E-state index is 0.00407. The Morgan fingerprint density at radius 2 is 1.93 bits per heavy atom. The number of fused-ring (bicyclic) bond motifs is 3. The molecule has 0 bridgehead atoms. The van der Waals surface area contributed by atoms with E-state index in [0.717, 1.165) is 0 Å². The summed E-state index contributed by atoms with van der Waals surface area (Å²) in [7, 11) is 3.06. The van der Waals surface area contributed by atoms with Crippen molar-refractivity contribution < 1.29 is 24.1 Å². The average Bonchev–Trinajstić information content (AvgIpc) is 3.15. The van der Waals surface area contributed by atoms with Crippen LogP contribution in [0.5, 0.6) is 23.0 Å². The molecule has 4 rings (SSSR count). The first-order chi connectivity index (χ1) is 13.0. The molecule has 1 aliphatic rings. The summed E-state index contributed by atoms with van der Waals surface area (Å²) in [5.74, 6) is 0.209. The number of rotatable bonds is 3. The van der Waals surface area contributed by atoms with E-state index in [2.05, 4.69) is 5.32 Å². The molecule has 0 atom stereocenters. The van der Waals surface area contributed by atoms with Gasteiger partial charge in [-0.25, -0.2) is 0 Å². The second kappa shape index (κ2) is 6.24. The molecule has 8 nitrogen and oxygen atoms in total. The number of aromatic hydroxyl groups is 1. The number of anilines is 1. The van der Waals surface area contributed by atoms with Crippen molar-refractivity contribution in [1.29, 1.82) is 0 Å². The Morgan fingerprint density at radius 3 is 2.63 bits per heavy atom. The zero-order valence-corrected chi connectivity index (χ0v) is 14.6. The number of methoxy groups -OCH3 is 1. The molecule has 0 fully saturated rings. The first kappa shape index (κ1) is 16.8. The molecule has 138 valence electrons. The van der Waals surface area contributed by atoms with E-state index in [-0.39, 0.29) is 17.7 Å². The van der Waals surface area contributed by atoms with Gasteiger partial charge in [0, 0.05) is 12.7 Å². The molecule has 0 saturated carbocycles. The predicted molar refractivity (Wildman–Crippen MR) is 97.9 cm³/mol. The van der Waals surface area contributed by atoms with E-state index < -0.39 is 17.2 Å². The van der Waals surface area contributed by atoms with Gasteiger partial charge in [0.1, 0.15) is 17.1 Å². The summed E-state index contributed by atoms with van der Waals surface area (Å²) < 4.78 is 17.1. The van der Waals surface area contributed by atoms with E-state index in [1.165, 1.54) is 18.7 Å². The Morgan fingerprint density at radius 1 is 1.19 bits per heavy atom. The molecular weight excluding hydrogens is 352 g/mol. The quantitative estimate of drug-likeness (QED) is 0.736. The molecule has 0 saturated heterocycles. The summed E-state index contributed by atoms with van der Waals surface area (Å²) >= 11 is 0. The molecule has 0 radical (unpaired) electrons. The highest BCUT2D eigenvalue weighted by atomic mass is 16.7. The largest absolute Gasteiger partial charge is 0.506 e. The molecule has 0 unspecified atom stereocenters. The van der Waals surface area contributed by atoms with Crippen molar-refractivity contribution in [2.45, 2.75) is 0 Å². The Bertz CT molecular complexity index is 1120. The maximum Gasteiger partial charge on any atom is 0.267 e. The summed E-state index contributed by atoms with van der Waals surface area (Å²) in [5, 5.41) is 13.6. The summed E-state index contributed by atoms with van der Waals surface area (Å²) in [5.41, 5.74) is -0.0995. The van der Waals surface area contributed by atoms with Crippen LogP contribution in [-0.2, 0) is 7.05 Å². The number of amides is 1. The highest BCUT2D eigenvalue weighted by Gasteiger charge is 2.27. The first-order valence-electron chi connectivity index (χ1n) is 8.11. The van der Waals surface area contributed by atoms with Crippen molar-refractivity contribution in [3.63, 3.8) is 0 Å². The number of carbonyl (C=O) groups is 1. The van der Waals surface area contributed by atoms with Crippen molar-refractivity contribution in [3.05, 3.63) is 52.3 Å². The number of hydrogen-bond acceptors (Lipinski definition) is 6. The standard InChI is InChI=1S/C19H16N2O6/c1-21-12-7-8-13-17(27-9-26-13)14(12)16(22)15(19(21)24)18(23)20-10-3-5-11(25-2)6-4-10/h3-8,22H,9H2,1-2H3,(H,20,23). The SMILES string of the molecule is COc1ccc(NC(=O)c2c(O)c3c4c(ccc3n(C)c2=O)OCO4)cc1. The molecule has 0 spiro atoms. The first-order valence-corrected chi connectivity index (χ1v) is 8.11. The van der Waals surface area contributed by atoms with E-state index in [4.69, 9.17) is 14.2 Å². The van der Waals surface area contributed by atoms with E-state index in [1.54, 1.807) is 36.4 Å². The van der Waals surface area contributed by atoms with Gasteiger partial charge in [0.25, 0.3) is 11.5 Å². The van der Waals surface area contributed by atoms with Gasteiger partial charge in [-0.2, -0.15) is 0 Å². The minimum Gasteiger partial charge on any atom is -0.506 e. The summed E-state index contributed by atoms with van der Waals surface area (Å²) in [4.78, 5) is 25.4. The monoisotopic (exact) mass is 368 g/mol. The highest BCUT2D eigenvalue weighted by Crippen LogP contribution is 2.43. The third kappa shape index (κ3) is 2.62. The molecular formula is C19H16N2O6. The van der Waals surface area contributed by atoms with Crippen molar-refractivity contribution in [2.24, 2.45) is 7.05 Å². The number of nitrogens with zero attached hydrogens (tertiary/aromatic N) is 1. The third-order valence-corrected chi connectivity index (χ3v) is 4.45. The average molecular weight is 368 g/mol. The number of aryl methyl sites for hydroxylation is 1. The van der Waals surface area contributed by atoms with Crippen LogP contribution in [0.25, 0.3) is 10.9 Å². The van der Waals surface area contributed by atoms with E-state index >= 15 is 0 Å². The Balaban J connectivity index is 1.83. The van der Waals surface area contributed by atoms with Gasteiger partial charge in [-0.1, -0.05) is 0 Å². The fraction of sp³-hybridized carbons (Fsp3) is 0.158.